The van der Waals surface area contributed by atoms with E-state index < -0.39 is 0 Å². The van der Waals surface area contributed by atoms with Crippen LogP contribution in [0.15, 0.2) is 35.3 Å². The first-order chi connectivity index (χ1) is 14.1. The summed E-state index contributed by atoms with van der Waals surface area (Å²) < 4.78 is 1.56. The van der Waals surface area contributed by atoms with E-state index in [0.29, 0.717) is 30.7 Å². The van der Waals surface area contributed by atoms with Gasteiger partial charge >= 0.3 is 0 Å². The number of fused-ring (bicyclic) bond motifs is 1. The number of hydrogen-bond acceptors (Lipinski definition) is 5. The van der Waals surface area contributed by atoms with Crippen LogP contribution in [0.2, 0.25) is 0 Å². The summed E-state index contributed by atoms with van der Waals surface area (Å²) in [5.74, 6) is 0.740. The fourth-order valence-electron chi connectivity index (χ4n) is 4.50. The second-order valence-corrected chi connectivity index (χ2v) is 8.50. The quantitative estimate of drug-likeness (QED) is 0.828. The predicted molar refractivity (Wildman–Crippen MR) is 113 cm³/mol. The van der Waals surface area contributed by atoms with Crippen LogP contribution in [0.4, 0.5) is 0 Å². The van der Waals surface area contributed by atoms with Gasteiger partial charge < -0.3 is 5.32 Å². The number of hydrogen-bond donors (Lipinski definition) is 1. The molecule has 2 fully saturated rings. The molecule has 7 heteroatoms. The van der Waals surface area contributed by atoms with Gasteiger partial charge in [0.05, 0.1) is 12.2 Å². The van der Waals surface area contributed by atoms with Gasteiger partial charge in [-0.25, -0.2) is 4.98 Å². The van der Waals surface area contributed by atoms with Crippen molar-refractivity contribution in [1.82, 2.24) is 24.5 Å². The van der Waals surface area contributed by atoms with Gasteiger partial charge in [-0.1, -0.05) is 25.8 Å². The van der Waals surface area contributed by atoms with Crippen molar-refractivity contribution in [3.05, 3.63) is 46.5 Å². The average molecular weight is 398 g/mol. The SMILES string of the molecule is C[C@@H]1CCCC[C@H]1NC(=O)CN1CCN(Cc2cc(=O)n3ccccc3n2)CC1. The van der Waals surface area contributed by atoms with E-state index in [1.807, 2.05) is 18.2 Å². The summed E-state index contributed by atoms with van der Waals surface area (Å²) in [5, 5.41) is 3.25. The zero-order chi connectivity index (χ0) is 20.2. The maximum Gasteiger partial charge on any atom is 0.258 e. The third-order valence-corrected chi connectivity index (χ3v) is 6.30. The average Bonchev–Trinajstić information content (AvgIpc) is 2.71. The first-order valence-corrected chi connectivity index (χ1v) is 10.8. The second kappa shape index (κ2) is 9.05. The maximum atomic E-state index is 12.4. The van der Waals surface area contributed by atoms with Crippen LogP contribution in [0, 0.1) is 5.92 Å². The van der Waals surface area contributed by atoms with E-state index in [4.69, 9.17) is 0 Å². The summed E-state index contributed by atoms with van der Waals surface area (Å²) in [4.78, 5) is 33.8. The van der Waals surface area contributed by atoms with Gasteiger partial charge in [-0.15, -0.1) is 0 Å². The number of rotatable bonds is 5. The van der Waals surface area contributed by atoms with Crippen molar-refractivity contribution in [1.29, 1.82) is 0 Å². The van der Waals surface area contributed by atoms with Gasteiger partial charge in [0.15, 0.2) is 0 Å². The van der Waals surface area contributed by atoms with Crippen molar-refractivity contribution in [3.63, 3.8) is 0 Å². The van der Waals surface area contributed by atoms with Crippen molar-refractivity contribution in [3.8, 4) is 0 Å². The van der Waals surface area contributed by atoms with Gasteiger partial charge in [-0.05, 0) is 30.9 Å². The molecule has 3 heterocycles. The fourth-order valence-corrected chi connectivity index (χ4v) is 4.50. The lowest BCUT2D eigenvalue weighted by Crippen LogP contribution is -2.51. The third kappa shape index (κ3) is 5.03. The Bertz CT molecular complexity index is 903. The normalized spacial score (nSPS) is 23.9. The number of amides is 1. The Balaban J connectivity index is 1.26. The minimum atomic E-state index is -0.0437. The topological polar surface area (TPSA) is 70.0 Å². The lowest BCUT2D eigenvalue weighted by molar-refractivity contribution is -0.124. The predicted octanol–water partition coefficient (Wildman–Crippen LogP) is 1.51. The van der Waals surface area contributed by atoms with E-state index in [9.17, 15) is 9.59 Å². The molecule has 156 valence electrons. The molecule has 0 aromatic carbocycles. The minimum absolute atomic E-state index is 0.0437. The number of carbonyl (C=O) groups excluding carboxylic acids is 1. The summed E-state index contributed by atoms with van der Waals surface area (Å²) in [6.45, 7) is 6.87. The number of nitrogens with zero attached hydrogens (tertiary/aromatic N) is 4. The van der Waals surface area contributed by atoms with Gasteiger partial charge in [0.1, 0.15) is 5.65 Å². The highest BCUT2D eigenvalue weighted by atomic mass is 16.2. The Morgan fingerprint density at radius 3 is 2.69 bits per heavy atom. The van der Waals surface area contributed by atoms with E-state index in [2.05, 4.69) is 27.0 Å². The first kappa shape index (κ1) is 20.0. The van der Waals surface area contributed by atoms with Crippen molar-refractivity contribution >= 4 is 11.6 Å². The highest BCUT2D eigenvalue weighted by molar-refractivity contribution is 5.78. The maximum absolute atomic E-state index is 12.4. The lowest BCUT2D eigenvalue weighted by Gasteiger charge is -2.35. The fraction of sp³-hybridized carbons (Fsp3) is 0.591. The number of pyridine rings is 1. The molecule has 2 atom stereocenters. The molecular formula is C22H31N5O2. The van der Waals surface area contributed by atoms with E-state index in [0.717, 1.165) is 38.3 Å². The summed E-state index contributed by atoms with van der Waals surface area (Å²) >= 11 is 0. The number of nitrogens with one attached hydrogen (secondary N) is 1. The molecule has 0 unspecified atom stereocenters. The molecule has 1 N–H and O–H groups in total. The van der Waals surface area contributed by atoms with Crippen LogP contribution in [0.1, 0.15) is 38.3 Å². The molecule has 1 amide bonds. The molecule has 0 bridgehead atoms. The Labute approximate surface area is 171 Å². The smallest absolute Gasteiger partial charge is 0.258 e. The van der Waals surface area contributed by atoms with E-state index in [1.54, 1.807) is 16.7 Å². The summed E-state index contributed by atoms with van der Waals surface area (Å²) in [7, 11) is 0. The molecule has 0 spiro atoms. The van der Waals surface area contributed by atoms with Crippen LogP contribution in [-0.4, -0.2) is 63.9 Å². The molecule has 0 radical (unpaired) electrons. The molecule has 1 saturated heterocycles. The van der Waals surface area contributed by atoms with E-state index in [-0.39, 0.29) is 11.5 Å². The number of piperazine rings is 1. The van der Waals surface area contributed by atoms with Crippen LogP contribution in [0.5, 0.6) is 0 Å². The lowest BCUT2D eigenvalue weighted by atomic mass is 9.86. The number of carbonyl (C=O) groups is 1. The highest BCUT2D eigenvalue weighted by Gasteiger charge is 2.25. The standard InChI is InChI=1S/C22H31N5O2/c1-17-6-2-3-7-19(17)24-21(28)16-26-12-10-25(11-13-26)15-18-14-22(29)27-9-5-4-8-20(27)23-18/h4-5,8-9,14,17,19H,2-3,6-7,10-13,15-16H2,1H3,(H,24,28)/t17-,19-/m1/s1. The molecule has 2 aliphatic rings. The van der Waals surface area contributed by atoms with Gasteiger partial charge in [-0.3, -0.25) is 23.8 Å². The molecule has 1 aliphatic heterocycles. The van der Waals surface area contributed by atoms with Gasteiger partial charge in [0.2, 0.25) is 5.91 Å². The van der Waals surface area contributed by atoms with Crippen molar-refractivity contribution in [2.75, 3.05) is 32.7 Å². The largest absolute Gasteiger partial charge is 0.352 e. The Morgan fingerprint density at radius 2 is 1.90 bits per heavy atom. The van der Waals surface area contributed by atoms with Crippen LogP contribution in [0.25, 0.3) is 5.65 Å². The van der Waals surface area contributed by atoms with Crippen molar-refractivity contribution < 1.29 is 4.79 Å². The van der Waals surface area contributed by atoms with Crippen LogP contribution in [-0.2, 0) is 11.3 Å². The molecule has 7 nitrogen and oxygen atoms in total. The van der Waals surface area contributed by atoms with Gasteiger partial charge in [0.25, 0.3) is 5.56 Å². The zero-order valence-corrected chi connectivity index (χ0v) is 17.2. The molecule has 2 aromatic heterocycles. The molecule has 29 heavy (non-hydrogen) atoms. The second-order valence-electron chi connectivity index (χ2n) is 8.50. The van der Waals surface area contributed by atoms with Gasteiger partial charge in [-0.2, -0.15) is 0 Å². The van der Waals surface area contributed by atoms with Crippen LogP contribution in [0.3, 0.4) is 0 Å². The monoisotopic (exact) mass is 397 g/mol. The van der Waals surface area contributed by atoms with E-state index >= 15 is 0 Å². The minimum Gasteiger partial charge on any atom is -0.352 e. The summed E-state index contributed by atoms with van der Waals surface area (Å²) in [6.07, 6.45) is 6.58. The number of aromatic nitrogens is 2. The molecular weight excluding hydrogens is 366 g/mol. The molecule has 1 saturated carbocycles. The van der Waals surface area contributed by atoms with Crippen LogP contribution < -0.4 is 10.9 Å². The first-order valence-electron chi connectivity index (χ1n) is 10.8. The molecule has 4 rings (SSSR count). The Kier molecular flexibility index (Phi) is 6.25. The van der Waals surface area contributed by atoms with Crippen molar-refractivity contribution in [2.45, 2.75) is 45.2 Å². The zero-order valence-electron chi connectivity index (χ0n) is 17.2. The summed E-state index contributed by atoms with van der Waals surface area (Å²) in [6, 6.07) is 7.55. The van der Waals surface area contributed by atoms with Crippen molar-refractivity contribution in [2.24, 2.45) is 5.92 Å². The summed E-state index contributed by atoms with van der Waals surface area (Å²) in [5.41, 5.74) is 1.44. The van der Waals surface area contributed by atoms with Crippen LogP contribution >= 0.6 is 0 Å². The Morgan fingerprint density at radius 1 is 1.14 bits per heavy atom. The molecule has 2 aromatic rings. The third-order valence-electron chi connectivity index (χ3n) is 6.30. The van der Waals surface area contributed by atoms with Gasteiger partial charge in [0, 0.05) is 51.0 Å². The molecule has 1 aliphatic carbocycles. The van der Waals surface area contributed by atoms with E-state index in [1.165, 1.54) is 19.3 Å². The highest BCUT2D eigenvalue weighted by Crippen LogP contribution is 2.23. The Hall–Kier alpha value is -2.25.